The van der Waals surface area contributed by atoms with Crippen LogP contribution in [0.5, 0.6) is 5.75 Å². The summed E-state index contributed by atoms with van der Waals surface area (Å²) in [6.07, 6.45) is 24.9. The molecule has 176 valence electrons. The number of methoxy groups -OCH3 is 1. The first kappa shape index (κ1) is 27.9. The second kappa shape index (κ2) is 18.5. The van der Waals surface area contributed by atoms with Gasteiger partial charge in [0.15, 0.2) is 6.20 Å². The van der Waals surface area contributed by atoms with Crippen molar-refractivity contribution in [1.29, 1.82) is 0 Å². The molecule has 2 rings (SSSR count). The lowest BCUT2D eigenvalue weighted by atomic mass is 10.0. The first-order valence-corrected chi connectivity index (χ1v) is 12.8. The summed E-state index contributed by atoms with van der Waals surface area (Å²) in [6.45, 7) is 3.41. The number of halogens is 1. The molecule has 0 saturated carbocycles. The van der Waals surface area contributed by atoms with Crippen molar-refractivity contribution in [2.75, 3.05) is 7.11 Å². The lowest BCUT2D eigenvalue weighted by Crippen LogP contribution is -3.00. The molecule has 1 heterocycles. The van der Waals surface area contributed by atoms with Crippen molar-refractivity contribution in [3.63, 3.8) is 0 Å². The van der Waals surface area contributed by atoms with Gasteiger partial charge in [0, 0.05) is 18.6 Å². The molecule has 0 unspecified atom stereocenters. The summed E-state index contributed by atoms with van der Waals surface area (Å²) in [6, 6.07) is 10.7. The number of benzene rings is 1. The second-order valence-electron chi connectivity index (χ2n) is 8.93. The Hall–Kier alpha value is -1.09. The monoisotopic (exact) mass is 491 g/mol. The highest BCUT2D eigenvalue weighted by molar-refractivity contribution is 5.77. The molecule has 0 amide bonds. The molecule has 0 aliphatic rings. The van der Waals surface area contributed by atoms with E-state index in [1.54, 1.807) is 7.11 Å². The van der Waals surface area contributed by atoms with Gasteiger partial charge in [0.1, 0.15) is 12.3 Å². The number of fused-ring (bicyclic) bond motifs is 1. The molecular weight excluding hydrogens is 446 g/mol. The largest absolute Gasteiger partial charge is 1.00 e. The van der Waals surface area contributed by atoms with Crippen LogP contribution in [-0.2, 0) is 6.54 Å². The van der Waals surface area contributed by atoms with Crippen LogP contribution in [0.1, 0.15) is 110 Å². The van der Waals surface area contributed by atoms with Crippen molar-refractivity contribution in [2.24, 2.45) is 0 Å². The number of hydrogen-bond donors (Lipinski definition) is 0. The van der Waals surface area contributed by atoms with Gasteiger partial charge in [0.25, 0.3) is 0 Å². The van der Waals surface area contributed by atoms with E-state index < -0.39 is 0 Å². The zero-order valence-electron chi connectivity index (χ0n) is 20.2. The molecule has 0 N–H and O–H groups in total. The zero-order valence-corrected chi connectivity index (χ0v) is 21.8. The summed E-state index contributed by atoms with van der Waals surface area (Å²) in [7, 11) is 1.73. The molecule has 0 spiro atoms. The first-order chi connectivity index (χ1) is 14.8. The average Bonchev–Trinajstić information content (AvgIpc) is 2.78. The van der Waals surface area contributed by atoms with Crippen LogP contribution in [-0.4, -0.2) is 7.11 Å². The molecule has 0 aliphatic heterocycles. The Morgan fingerprint density at radius 1 is 0.677 bits per heavy atom. The van der Waals surface area contributed by atoms with Crippen molar-refractivity contribution in [3.05, 3.63) is 36.5 Å². The Balaban J connectivity index is 0.00000480. The fraction of sp³-hybridized carbons (Fsp3) is 0.679. The van der Waals surface area contributed by atoms with Crippen LogP contribution >= 0.6 is 0 Å². The lowest BCUT2D eigenvalue weighted by molar-refractivity contribution is -0.671. The topological polar surface area (TPSA) is 13.1 Å². The molecule has 2 aromatic rings. The SMILES string of the molecule is CCCCCCCCCCCCCCCCCC[n+]1cccc2cc(OC)ccc21.[Br-]. The summed E-state index contributed by atoms with van der Waals surface area (Å²) < 4.78 is 7.73. The molecule has 0 saturated heterocycles. The minimum Gasteiger partial charge on any atom is -1.00 e. The van der Waals surface area contributed by atoms with Gasteiger partial charge in [-0.3, -0.25) is 0 Å². The van der Waals surface area contributed by atoms with Crippen LogP contribution in [0.2, 0.25) is 0 Å². The second-order valence-corrected chi connectivity index (χ2v) is 8.93. The molecule has 0 bridgehead atoms. The number of aryl methyl sites for hydroxylation is 1. The molecular formula is C28H46BrNO. The maximum absolute atomic E-state index is 5.35. The maximum atomic E-state index is 5.35. The van der Waals surface area contributed by atoms with E-state index in [0.29, 0.717) is 0 Å². The van der Waals surface area contributed by atoms with E-state index >= 15 is 0 Å². The summed E-state index contributed by atoms with van der Waals surface area (Å²) in [4.78, 5) is 0. The third kappa shape index (κ3) is 11.9. The quantitative estimate of drug-likeness (QED) is 0.201. The van der Waals surface area contributed by atoms with Gasteiger partial charge in [-0.1, -0.05) is 96.8 Å². The Bertz CT molecular complexity index is 688. The van der Waals surface area contributed by atoms with Crippen molar-refractivity contribution in [1.82, 2.24) is 0 Å². The zero-order chi connectivity index (χ0) is 21.3. The Kier molecular flexibility index (Phi) is 16.7. The predicted molar refractivity (Wildman–Crippen MR) is 130 cm³/mol. The summed E-state index contributed by atoms with van der Waals surface area (Å²) in [5.41, 5.74) is 1.30. The van der Waals surface area contributed by atoms with Crippen LogP contribution in [0.25, 0.3) is 10.9 Å². The standard InChI is InChI=1S/C28H46NO.BrH/c1-3-4-5-6-7-8-9-10-11-12-13-14-15-16-17-18-23-29-24-19-20-26-25-27(30-2)21-22-28(26)29;/h19-22,24-25H,3-18,23H2,1-2H3;1H/q+1;/p-1. The minimum atomic E-state index is 0. The van der Waals surface area contributed by atoms with Crippen molar-refractivity contribution < 1.29 is 26.3 Å². The molecule has 3 heteroatoms. The highest BCUT2D eigenvalue weighted by Gasteiger charge is 2.08. The van der Waals surface area contributed by atoms with E-state index in [9.17, 15) is 0 Å². The fourth-order valence-electron chi connectivity index (χ4n) is 4.41. The third-order valence-corrected chi connectivity index (χ3v) is 6.34. The van der Waals surface area contributed by atoms with Crippen LogP contribution in [0.3, 0.4) is 0 Å². The van der Waals surface area contributed by atoms with Gasteiger partial charge in [-0.05, 0) is 24.6 Å². The molecule has 0 fully saturated rings. The predicted octanol–water partition coefficient (Wildman–Crippen LogP) is 5.40. The number of pyridine rings is 1. The van der Waals surface area contributed by atoms with Crippen molar-refractivity contribution in [3.8, 4) is 5.75 Å². The summed E-state index contributed by atoms with van der Waals surface area (Å²) >= 11 is 0. The number of rotatable bonds is 18. The van der Waals surface area contributed by atoms with Gasteiger partial charge >= 0.3 is 0 Å². The van der Waals surface area contributed by atoms with Gasteiger partial charge in [-0.25, -0.2) is 0 Å². The highest BCUT2D eigenvalue weighted by atomic mass is 79.9. The molecule has 1 aromatic heterocycles. The van der Waals surface area contributed by atoms with Gasteiger partial charge in [0.05, 0.1) is 12.5 Å². The number of nitrogens with zero attached hydrogens (tertiary/aromatic N) is 1. The average molecular weight is 493 g/mol. The number of ether oxygens (including phenoxy) is 1. The van der Waals surface area contributed by atoms with Crippen LogP contribution < -0.4 is 26.3 Å². The normalized spacial score (nSPS) is 10.9. The fourth-order valence-corrected chi connectivity index (χ4v) is 4.41. The number of unbranched alkanes of at least 4 members (excludes halogenated alkanes) is 15. The third-order valence-electron chi connectivity index (χ3n) is 6.34. The van der Waals surface area contributed by atoms with Gasteiger partial charge in [0.2, 0.25) is 5.52 Å². The van der Waals surface area contributed by atoms with Gasteiger partial charge < -0.3 is 21.7 Å². The maximum Gasteiger partial charge on any atom is 0.212 e. The Morgan fingerprint density at radius 2 is 1.19 bits per heavy atom. The number of aromatic nitrogens is 1. The Labute approximate surface area is 202 Å². The summed E-state index contributed by atoms with van der Waals surface area (Å²) in [5.74, 6) is 0.933. The molecule has 0 atom stereocenters. The van der Waals surface area contributed by atoms with Crippen LogP contribution in [0.15, 0.2) is 36.5 Å². The highest BCUT2D eigenvalue weighted by Crippen LogP contribution is 2.18. The van der Waals surface area contributed by atoms with E-state index in [0.717, 1.165) is 12.3 Å². The lowest BCUT2D eigenvalue weighted by Gasteiger charge is -2.05. The van der Waals surface area contributed by atoms with Crippen LogP contribution in [0, 0.1) is 0 Å². The van der Waals surface area contributed by atoms with Crippen molar-refractivity contribution >= 4 is 10.9 Å². The molecule has 1 aromatic carbocycles. The first-order valence-electron chi connectivity index (χ1n) is 12.8. The van der Waals surface area contributed by atoms with E-state index in [-0.39, 0.29) is 17.0 Å². The molecule has 0 radical (unpaired) electrons. The van der Waals surface area contributed by atoms with Gasteiger partial charge in [-0.2, -0.15) is 4.57 Å². The van der Waals surface area contributed by atoms with Crippen molar-refractivity contribution in [2.45, 2.75) is 116 Å². The van der Waals surface area contributed by atoms with E-state index in [4.69, 9.17) is 4.74 Å². The van der Waals surface area contributed by atoms with Crippen LogP contribution in [0.4, 0.5) is 0 Å². The summed E-state index contributed by atoms with van der Waals surface area (Å²) in [5, 5.41) is 1.26. The minimum absolute atomic E-state index is 0. The molecule has 2 nitrogen and oxygen atoms in total. The van der Waals surface area contributed by atoms with Gasteiger partial charge in [-0.15, -0.1) is 0 Å². The Morgan fingerprint density at radius 3 is 1.71 bits per heavy atom. The number of hydrogen-bond acceptors (Lipinski definition) is 1. The van der Waals surface area contributed by atoms with E-state index in [2.05, 4.69) is 48.0 Å². The van der Waals surface area contributed by atoms with E-state index in [1.165, 1.54) is 114 Å². The molecule has 31 heavy (non-hydrogen) atoms. The smallest absolute Gasteiger partial charge is 0.212 e. The van der Waals surface area contributed by atoms with E-state index in [1.807, 2.05) is 0 Å². The molecule has 0 aliphatic carbocycles.